The maximum Gasteiger partial charge on any atom is 0.319 e. The van der Waals surface area contributed by atoms with Gasteiger partial charge in [0.25, 0.3) is 0 Å². The number of anilines is 1. The molecule has 0 radical (unpaired) electrons. The van der Waals surface area contributed by atoms with Crippen molar-refractivity contribution in [2.45, 2.75) is 6.04 Å². The van der Waals surface area contributed by atoms with E-state index in [-0.39, 0.29) is 12.1 Å². The van der Waals surface area contributed by atoms with Crippen LogP contribution in [0.5, 0.6) is 11.5 Å². The number of likely N-dealkylation sites (N-methyl/N-ethyl adjacent to an activating group) is 1. The first-order chi connectivity index (χ1) is 12.4. The van der Waals surface area contributed by atoms with Crippen molar-refractivity contribution in [2.24, 2.45) is 0 Å². The van der Waals surface area contributed by atoms with Crippen molar-refractivity contribution in [3.8, 4) is 11.5 Å². The molecule has 2 aromatic carbocycles. The van der Waals surface area contributed by atoms with Crippen LogP contribution in [0.1, 0.15) is 11.6 Å². The zero-order valence-corrected chi connectivity index (χ0v) is 16.1. The lowest BCUT2D eigenvalue weighted by Gasteiger charge is -2.26. The van der Waals surface area contributed by atoms with E-state index in [0.29, 0.717) is 28.8 Å². The molecule has 140 valence electrons. The second-order valence-corrected chi connectivity index (χ2v) is 6.38. The summed E-state index contributed by atoms with van der Waals surface area (Å²) in [6.45, 7) is 0.425. The molecule has 0 aromatic heterocycles. The largest absolute Gasteiger partial charge is 0.493 e. The molecule has 0 aliphatic rings. The van der Waals surface area contributed by atoms with Crippen molar-refractivity contribution in [1.82, 2.24) is 10.2 Å². The molecule has 26 heavy (non-hydrogen) atoms. The summed E-state index contributed by atoms with van der Waals surface area (Å²) in [7, 11) is 7.11. The van der Waals surface area contributed by atoms with Gasteiger partial charge in [-0.15, -0.1) is 0 Å². The number of urea groups is 1. The van der Waals surface area contributed by atoms with E-state index in [1.807, 2.05) is 37.2 Å². The van der Waals surface area contributed by atoms with Crippen LogP contribution in [0.4, 0.5) is 10.5 Å². The summed E-state index contributed by atoms with van der Waals surface area (Å²) in [5.41, 5.74) is 1.65. The molecule has 0 saturated heterocycles. The van der Waals surface area contributed by atoms with Gasteiger partial charge in [0.15, 0.2) is 11.5 Å². The molecule has 2 rings (SSSR count). The Morgan fingerprint density at radius 1 is 1.12 bits per heavy atom. The Morgan fingerprint density at radius 3 is 2.46 bits per heavy atom. The summed E-state index contributed by atoms with van der Waals surface area (Å²) in [5.74, 6) is 1.32. The number of benzene rings is 2. The van der Waals surface area contributed by atoms with Crippen molar-refractivity contribution in [3.05, 3.63) is 53.1 Å². The lowest BCUT2D eigenvalue weighted by Crippen LogP contribution is -2.36. The average Bonchev–Trinajstić information content (AvgIpc) is 2.61. The van der Waals surface area contributed by atoms with E-state index in [2.05, 4.69) is 10.6 Å². The van der Waals surface area contributed by atoms with Crippen LogP contribution in [-0.4, -0.2) is 45.8 Å². The van der Waals surface area contributed by atoms with Gasteiger partial charge >= 0.3 is 6.03 Å². The van der Waals surface area contributed by atoms with Crippen molar-refractivity contribution in [3.63, 3.8) is 0 Å². The Hall–Kier alpha value is -2.44. The van der Waals surface area contributed by atoms with Gasteiger partial charge < -0.3 is 25.0 Å². The third-order valence-corrected chi connectivity index (χ3v) is 4.19. The summed E-state index contributed by atoms with van der Waals surface area (Å²) in [6.07, 6.45) is 0. The predicted molar refractivity (Wildman–Crippen MR) is 104 cm³/mol. The molecule has 0 saturated carbocycles. The Morgan fingerprint density at radius 2 is 1.85 bits per heavy atom. The maximum absolute atomic E-state index is 12.2. The quantitative estimate of drug-likeness (QED) is 0.770. The van der Waals surface area contributed by atoms with Gasteiger partial charge in [-0.3, -0.25) is 0 Å². The number of hydrogen-bond acceptors (Lipinski definition) is 4. The van der Waals surface area contributed by atoms with E-state index in [1.54, 1.807) is 38.5 Å². The fraction of sp³-hybridized carbons (Fsp3) is 0.316. The summed E-state index contributed by atoms with van der Waals surface area (Å²) < 4.78 is 10.6. The number of hydrogen-bond donors (Lipinski definition) is 2. The molecule has 1 atom stereocenters. The Balaban J connectivity index is 2.05. The molecule has 2 aromatic rings. The van der Waals surface area contributed by atoms with Crippen molar-refractivity contribution >= 4 is 23.3 Å². The van der Waals surface area contributed by atoms with Gasteiger partial charge in [-0.1, -0.05) is 23.7 Å². The Kier molecular flexibility index (Phi) is 7.12. The SMILES string of the molecule is COc1ccc(C(CNC(=O)Nc2cccc(Cl)c2)N(C)C)cc1OC. The molecule has 0 heterocycles. The minimum atomic E-state index is -0.292. The molecular weight excluding hydrogens is 354 g/mol. The van der Waals surface area contributed by atoms with Crippen LogP contribution in [-0.2, 0) is 0 Å². The number of nitrogens with one attached hydrogen (secondary N) is 2. The first-order valence-electron chi connectivity index (χ1n) is 8.13. The monoisotopic (exact) mass is 377 g/mol. The van der Waals surface area contributed by atoms with E-state index in [4.69, 9.17) is 21.1 Å². The molecule has 7 heteroatoms. The summed E-state index contributed by atoms with van der Waals surface area (Å²) >= 11 is 5.93. The highest BCUT2D eigenvalue weighted by Gasteiger charge is 2.17. The molecule has 6 nitrogen and oxygen atoms in total. The number of ether oxygens (including phenoxy) is 2. The Bertz CT molecular complexity index is 753. The summed E-state index contributed by atoms with van der Waals surface area (Å²) in [5, 5.41) is 6.23. The second-order valence-electron chi connectivity index (χ2n) is 5.94. The lowest BCUT2D eigenvalue weighted by molar-refractivity contribution is 0.243. The molecule has 0 spiro atoms. The first kappa shape index (κ1) is 19.9. The van der Waals surface area contributed by atoms with E-state index >= 15 is 0 Å². The van der Waals surface area contributed by atoms with Crippen LogP contribution in [0.3, 0.4) is 0 Å². The lowest BCUT2D eigenvalue weighted by atomic mass is 10.1. The van der Waals surface area contributed by atoms with Gasteiger partial charge in [-0.25, -0.2) is 4.79 Å². The Labute approximate surface area is 159 Å². The van der Waals surface area contributed by atoms with Crippen molar-refractivity contribution in [1.29, 1.82) is 0 Å². The maximum atomic E-state index is 12.2. The summed E-state index contributed by atoms with van der Waals surface area (Å²) in [4.78, 5) is 14.2. The van der Waals surface area contributed by atoms with Gasteiger partial charge in [0.1, 0.15) is 0 Å². The topological polar surface area (TPSA) is 62.8 Å². The van der Waals surface area contributed by atoms with Gasteiger partial charge in [-0.05, 0) is 50.0 Å². The number of methoxy groups -OCH3 is 2. The van der Waals surface area contributed by atoms with Crippen LogP contribution in [0.25, 0.3) is 0 Å². The fourth-order valence-electron chi connectivity index (χ4n) is 2.59. The number of halogens is 1. The summed E-state index contributed by atoms with van der Waals surface area (Å²) in [6, 6.07) is 12.4. The molecule has 1 unspecified atom stereocenters. The second kappa shape index (κ2) is 9.31. The average molecular weight is 378 g/mol. The number of carbonyl (C=O) groups is 1. The zero-order chi connectivity index (χ0) is 19.1. The molecule has 0 aliphatic heterocycles. The van der Waals surface area contributed by atoms with Gasteiger partial charge in [0, 0.05) is 17.3 Å². The van der Waals surface area contributed by atoms with Crippen LogP contribution >= 0.6 is 11.6 Å². The van der Waals surface area contributed by atoms with E-state index in [9.17, 15) is 4.79 Å². The normalized spacial score (nSPS) is 11.8. The molecular formula is C19H24ClN3O3. The minimum absolute atomic E-state index is 0.0279. The van der Waals surface area contributed by atoms with Gasteiger partial charge in [0.05, 0.1) is 20.3 Å². The van der Waals surface area contributed by atoms with E-state index < -0.39 is 0 Å². The molecule has 0 aliphatic carbocycles. The number of carbonyl (C=O) groups excluding carboxylic acids is 1. The van der Waals surface area contributed by atoms with E-state index in [0.717, 1.165) is 5.56 Å². The molecule has 2 amide bonds. The van der Waals surface area contributed by atoms with Gasteiger partial charge in [-0.2, -0.15) is 0 Å². The van der Waals surface area contributed by atoms with Crippen molar-refractivity contribution in [2.75, 3.05) is 40.2 Å². The number of rotatable bonds is 7. The standard InChI is InChI=1S/C19H24ClN3O3/c1-23(2)16(13-8-9-17(25-3)18(10-13)26-4)12-21-19(24)22-15-7-5-6-14(20)11-15/h5-11,16H,12H2,1-4H3,(H2,21,22,24). The molecule has 0 bridgehead atoms. The van der Waals surface area contributed by atoms with Crippen LogP contribution < -0.4 is 20.1 Å². The fourth-order valence-corrected chi connectivity index (χ4v) is 2.78. The van der Waals surface area contributed by atoms with Crippen LogP contribution in [0.2, 0.25) is 5.02 Å². The number of nitrogens with zero attached hydrogens (tertiary/aromatic N) is 1. The molecule has 0 fully saturated rings. The smallest absolute Gasteiger partial charge is 0.319 e. The third-order valence-electron chi connectivity index (χ3n) is 3.95. The first-order valence-corrected chi connectivity index (χ1v) is 8.51. The molecule has 2 N–H and O–H groups in total. The zero-order valence-electron chi connectivity index (χ0n) is 15.4. The van der Waals surface area contributed by atoms with Gasteiger partial charge in [0.2, 0.25) is 0 Å². The highest BCUT2D eigenvalue weighted by Crippen LogP contribution is 2.31. The van der Waals surface area contributed by atoms with E-state index in [1.165, 1.54) is 0 Å². The highest BCUT2D eigenvalue weighted by atomic mass is 35.5. The minimum Gasteiger partial charge on any atom is -0.493 e. The third kappa shape index (κ3) is 5.28. The van der Waals surface area contributed by atoms with Crippen LogP contribution in [0, 0.1) is 0 Å². The number of amides is 2. The van der Waals surface area contributed by atoms with Crippen molar-refractivity contribution < 1.29 is 14.3 Å². The predicted octanol–water partition coefficient (Wildman–Crippen LogP) is 3.78. The van der Waals surface area contributed by atoms with Crippen LogP contribution in [0.15, 0.2) is 42.5 Å². The highest BCUT2D eigenvalue weighted by molar-refractivity contribution is 6.30.